The number of aromatic nitrogens is 1. The Morgan fingerprint density at radius 2 is 2.19 bits per heavy atom. The quantitative estimate of drug-likeness (QED) is 0.770. The first-order valence-electron chi connectivity index (χ1n) is 7.66. The molecule has 142 valence electrons. The number of anilines is 1. The SMILES string of the molecule is Cl.O=C(CC1CSCCN1)Nc1nc(-c2cccc(C(F)(F)F)c2)cs1. The molecule has 0 radical (unpaired) electrons. The number of thiazole rings is 1. The first-order valence-corrected chi connectivity index (χ1v) is 9.69. The summed E-state index contributed by atoms with van der Waals surface area (Å²) in [5.41, 5.74) is 0.0686. The largest absolute Gasteiger partial charge is 0.416 e. The van der Waals surface area contributed by atoms with Crippen molar-refractivity contribution >= 4 is 46.5 Å². The van der Waals surface area contributed by atoms with E-state index in [1.54, 1.807) is 11.4 Å². The summed E-state index contributed by atoms with van der Waals surface area (Å²) in [4.78, 5) is 16.3. The predicted molar refractivity (Wildman–Crippen MR) is 102 cm³/mol. The van der Waals surface area contributed by atoms with Crippen molar-refractivity contribution in [2.75, 3.05) is 23.4 Å². The van der Waals surface area contributed by atoms with E-state index in [2.05, 4.69) is 15.6 Å². The van der Waals surface area contributed by atoms with Gasteiger partial charge in [0.1, 0.15) is 0 Å². The molecule has 0 aliphatic carbocycles. The van der Waals surface area contributed by atoms with Crippen molar-refractivity contribution in [2.24, 2.45) is 0 Å². The lowest BCUT2D eigenvalue weighted by molar-refractivity contribution is -0.137. The standard InChI is InChI=1S/C16H16F3N3OS2.ClH/c17-16(18,19)11-3-1-2-10(6-11)13-9-25-15(21-13)22-14(23)7-12-8-24-5-4-20-12;/h1-3,6,9,12,20H,4-5,7-8H2,(H,21,22,23);1H. The monoisotopic (exact) mass is 423 g/mol. The van der Waals surface area contributed by atoms with Gasteiger partial charge in [0.2, 0.25) is 5.91 Å². The molecule has 1 unspecified atom stereocenters. The molecule has 1 aliphatic rings. The van der Waals surface area contributed by atoms with E-state index in [-0.39, 0.29) is 24.4 Å². The van der Waals surface area contributed by atoms with E-state index in [0.29, 0.717) is 22.8 Å². The maximum atomic E-state index is 12.8. The molecular weight excluding hydrogens is 407 g/mol. The van der Waals surface area contributed by atoms with Gasteiger partial charge in [-0.2, -0.15) is 24.9 Å². The van der Waals surface area contributed by atoms with Crippen LogP contribution in [0.2, 0.25) is 0 Å². The molecule has 2 heterocycles. The fourth-order valence-electron chi connectivity index (χ4n) is 2.46. The Morgan fingerprint density at radius 1 is 1.38 bits per heavy atom. The highest BCUT2D eigenvalue weighted by Crippen LogP contribution is 2.33. The van der Waals surface area contributed by atoms with E-state index >= 15 is 0 Å². The first-order chi connectivity index (χ1) is 11.9. The summed E-state index contributed by atoms with van der Waals surface area (Å²) >= 11 is 3.01. The van der Waals surface area contributed by atoms with Gasteiger partial charge in [-0.25, -0.2) is 4.98 Å². The molecule has 1 aromatic carbocycles. The third-order valence-corrected chi connectivity index (χ3v) is 5.56. The van der Waals surface area contributed by atoms with Crippen LogP contribution in [0.5, 0.6) is 0 Å². The van der Waals surface area contributed by atoms with Crippen LogP contribution in [0.3, 0.4) is 0 Å². The number of hydrogen-bond donors (Lipinski definition) is 2. The molecule has 1 fully saturated rings. The number of nitrogens with zero attached hydrogens (tertiary/aromatic N) is 1. The normalized spacial score (nSPS) is 17.4. The minimum absolute atomic E-state index is 0. The van der Waals surface area contributed by atoms with Gasteiger partial charge in [0, 0.05) is 41.5 Å². The number of alkyl halides is 3. The number of rotatable bonds is 4. The van der Waals surface area contributed by atoms with Crippen molar-refractivity contribution in [2.45, 2.75) is 18.6 Å². The number of halogens is 4. The second-order valence-electron chi connectivity index (χ2n) is 5.59. The minimum Gasteiger partial charge on any atom is -0.312 e. The Labute approximate surface area is 163 Å². The second-order valence-corrected chi connectivity index (χ2v) is 7.60. The lowest BCUT2D eigenvalue weighted by atomic mass is 10.1. The molecule has 0 saturated carbocycles. The van der Waals surface area contributed by atoms with Crippen LogP contribution in [-0.2, 0) is 11.0 Å². The average Bonchev–Trinajstić information content (AvgIpc) is 3.03. The number of amides is 1. The van der Waals surface area contributed by atoms with Crippen molar-refractivity contribution in [3.05, 3.63) is 35.2 Å². The van der Waals surface area contributed by atoms with Crippen LogP contribution in [0.25, 0.3) is 11.3 Å². The van der Waals surface area contributed by atoms with E-state index < -0.39 is 11.7 Å². The second kappa shape index (κ2) is 9.07. The number of carbonyl (C=O) groups excluding carboxylic acids is 1. The Balaban J connectivity index is 0.00000243. The zero-order valence-corrected chi connectivity index (χ0v) is 16.0. The third kappa shape index (κ3) is 5.60. The molecule has 10 heteroatoms. The van der Waals surface area contributed by atoms with Gasteiger partial charge in [0.05, 0.1) is 11.3 Å². The summed E-state index contributed by atoms with van der Waals surface area (Å²) in [7, 11) is 0. The number of hydrogen-bond acceptors (Lipinski definition) is 5. The van der Waals surface area contributed by atoms with Crippen molar-refractivity contribution in [3.63, 3.8) is 0 Å². The molecule has 2 N–H and O–H groups in total. The summed E-state index contributed by atoms with van der Waals surface area (Å²) in [6.07, 6.45) is -4.04. The Kier molecular flexibility index (Phi) is 7.33. The van der Waals surface area contributed by atoms with E-state index in [9.17, 15) is 18.0 Å². The van der Waals surface area contributed by atoms with Crippen LogP contribution in [-0.4, -0.2) is 35.0 Å². The predicted octanol–water partition coefficient (Wildman–Crippen LogP) is 4.28. The zero-order chi connectivity index (χ0) is 17.9. The van der Waals surface area contributed by atoms with Gasteiger partial charge in [0.25, 0.3) is 0 Å². The summed E-state index contributed by atoms with van der Waals surface area (Å²) < 4.78 is 38.4. The molecule has 1 saturated heterocycles. The maximum absolute atomic E-state index is 12.8. The molecule has 1 aliphatic heterocycles. The third-order valence-electron chi connectivity index (χ3n) is 3.67. The molecular formula is C16H17ClF3N3OS2. The molecule has 2 aromatic rings. The van der Waals surface area contributed by atoms with Crippen LogP contribution < -0.4 is 10.6 Å². The number of carbonyl (C=O) groups is 1. The molecule has 1 amide bonds. The van der Waals surface area contributed by atoms with Gasteiger partial charge in [0.15, 0.2) is 5.13 Å². The number of thioether (sulfide) groups is 1. The Hall–Kier alpha value is -1.29. The van der Waals surface area contributed by atoms with Crippen LogP contribution in [0.1, 0.15) is 12.0 Å². The lowest BCUT2D eigenvalue weighted by Gasteiger charge is -2.22. The summed E-state index contributed by atoms with van der Waals surface area (Å²) in [5, 5.41) is 8.03. The highest BCUT2D eigenvalue weighted by molar-refractivity contribution is 7.99. The van der Waals surface area contributed by atoms with Crippen LogP contribution in [0, 0.1) is 0 Å². The highest BCUT2D eigenvalue weighted by Gasteiger charge is 2.30. The molecule has 26 heavy (non-hydrogen) atoms. The maximum Gasteiger partial charge on any atom is 0.416 e. The molecule has 4 nitrogen and oxygen atoms in total. The minimum atomic E-state index is -4.39. The summed E-state index contributed by atoms with van der Waals surface area (Å²) in [6, 6.07) is 5.14. The molecule has 1 atom stereocenters. The number of benzene rings is 1. The van der Waals surface area contributed by atoms with Crippen molar-refractivity contribution < 1.29 is 18.0 Å². The van der Waals surface area contributed by atoms with E-state index in [1.807, 2.05) is 11.8 Å². The fraction of sp³-hybridized carbons (Fsp3) is 0.375. The van der Waals surface area contributed by atoms with Crippen molar-refractivity contribution in [1.29, 1.82) is 0 Å². The van der Waals surface area contributed by atoms with E-state index in [4.69, 9.17) is 0 Å². The lowest BCUT2D eigenvalue weighted by Crippen LogP contribution is -2.39. The Morgan fingerprint density at radius 3 is 2.88 bits per heavy atom. The molecule has 3 rings (SSSR count). The summed E-state index contributed by atoms with van der Waals surface area (Å²) in [6.45, 7) is 0.888. The first kappa shape index (κ1) is 21.0. The number of nitrogens with one attached hydrogen (secondary N) is 2. The van der Waals surface area contributed by atoms with Gasteiger partial charge in [-0.3, -0.25) is 4.79 Å². The van der Waals surface area contributed by atoms with Gasteiger partial charge >= 0.3 is 6.18 Å². The van der Waals surface area contributed by atoms with Crippen LogP contribution in [0.4, 0.5) is 18.3 Å². The molecule has 0 bridgehead atoms. The zero-order valence-electron chi connectivity index (χ0n) is 13.5. The summed E-state index contributed by atoms with van der Waals surface area (Å²) in [5.74, 6) is 1.79. The average molecular weight is 424 g/mol. The van der Waals surface area contributed by atoms with Gasteiger partial charge in [-0.15, -0.1) is 23.7 Å². The van der Waals surface area contributed by atoms with Gasteiger partial charge in [-0.1, -0.05) is 12.1 Å². The van der Waals surface area contributed by atoms with Crippen molar-refractivity contribution in [3.8, 4) is 11.3 Å². The van der Waals surface area contributed by atoms with E-state index in [0.717, 1.165) is 30.2 Å². The Bertz CT molecular complexity index is 748. The topological polar surface area (TPSA) is 54.0 Å². The fourth-order valence-corrected chi connectivity index (χ4v) is 4.15. The van der Waals surface area contributed by atoms with Crippen LogP contribution >= 0.6 is 35.5 Å². The molecule has 0 spiro atoms. The molecule has 1 aromatic heterocycles. The van der Waals surface area contributed by atoms with Crippen molar-refractivity contribution in [1.82, 2.24) is 10.3 Å². The van der Waals surface area contributed by atoms with Gasteiger partial charge in [-0.05, 0) is 12.1 Å². The van der Waals surface area contributed by atoms with E-state index in [1.165, 1.54) is 17.4 Å². The smallest absolute Gasteiger partial charge is 0.312 e. The van der Waals surface area contributed by atoms with Crippen LogP contribution in [0.15, 0.2) is 29.6 Å². The highest BCUT2D eigenvalue weighted by atomic mass is 35.5. The van der Waals surface area contributed by atoms with Gasteiger partial charge < -0.3 is 10.6 Å².